The fourth-order valence-corrected chi connectivity index (χ4v) is 5.64. The number of aromatic nitrogens is 3. The monoisotopic (exact) mass is 477 g/mol. The molecule has 178 valence electrons. The van der Waals surface area contributed by atoms with Gasteiger partial charge in [0.25, 0.3) is 5.56 Å². The molecule has 3 aliphatic rings. The standard InChI is InChI=1S/C23H29ClFN5O3/c1-12(13-5-6-26-18(25)7-13)28-19(31)11-30-21(32)20(24)15(10-27-30)29-17-9-14-8-16(22(14,2)3)23(17,4)33/h5-7,10,12,14,16-17,29,33H,8-9,11H2,1-4H3,(H,28,31)/t12?,14-,16-,17-,23+/m1/s1. The normalized spacial score (nSPS) is 28.5. The lowest BCUT2D eigenvalue weighted by Crippen LogP contribution is -2.68. The molecule has 3 fully saturated rings. The molecule has 0 spiro atoms. The highest BCUT2D eigenvalue weighted by Crippen LogP contribution is 2.62. The quantitative estimate of drug-likeness (QED) is 0.552. The summed E-state index contributed by atoms with van der Waals surface area (Å²) >= 11 is 6.32. The van der Waals surface area contributed by atoms with Crippen molar-refractivity contribution in [2.24, 2.45) is 17.3 Å². The number of hydrogen-bond donors (Lipinski definition) is 3. The van der Waals surface area contributed by atoms with Gasteiger partial charge in [0.2, 0.25) is 11.9 Å². The molecule has 3 saturated carbocycles. The largest absolute Gasteiger partial charge is 0.388 e. The average molecular weight is 478 g/mol. The molecule has 1 amide bonds. The van der Waals surface area contributed by atoms with E-state index in [0.29, 0.717) is 17.2 Å². The Labute approximate surface area is 196 Å². The zero-order valence-corrected chi connectivity index (χ0v) is 19.9. The van der Waals surface area contributed by atoms with Gasteiger partial charge >= 0.3 is 0 Å². The number of carbonyl (C=O) groups is 1. The van der Waals surface area contributed by atoms with Gasteiger partial charge in [-0.1, -0.05) is 25.4 Å². The summed E-state index contributed by atoms with van der Waals surface area (Å²) in [5.41, 5.74) is -0.586. The maximum Gasteiger partial charge on any atom is 0.288 e. The van der Waals surface area contributed by atoms with Gasteiger partial charge in [-0.2, -0.15) is 9.49 Å². The maximum atomic E-state index is 13.3. The van der Waals surface area contributed by atoms with E-state index in [4.69, 9.17) is 11.6 Å². The molecule has 2 heterocycles. The van der Waals surface area contributed by atoms with Crippen LogP contribution in [0, 0.1) is 23.2 Å². The first kappa shape index (κ1) is 23.6. The van der Waals surface area contributed by atoms with Crippen molar-refractivity contribution in [2.45, 2.75) is 64.8 Å². The van der Waals surface area contributed by atoms with Crippen molar-refractivity contribution in [3.05, 3.63) is 51.4 Å². The van der Waals surface area contributed by atoms with Crippen LogP contribution < -0.4 is 16.2 Å². The van der Waals surface area contributed by atoms with Gasteiger partial charge in [-0.25, -0.2) is 9.67 Å². The summed E-state index contributed by atoms with van der Waals surface area (Å²) < 4.78 is 14.3. The molecule has 8 nitrogen and oxygen atoms in total. The lowest BCUT2D eigenvalue weighted by molar-refractivity contribution is -0.199. The smallest absolute Gasteiger partial charge is 0.288 e. The fraction of sp³-hybridized carbons (Fsp3) is 0.565. The predicted octanol–water partition coefficient (Wildman–Crippen LogP) is 2.91. The Kier molecular flexibility index (Phi) is 5.99. The van der Waals surface area contributed by atoms with E-state index in [2.05, 4.69) is 34.6 Å². The number of anilines is 1. The van der Waals surface area contributed by atoms with Gasteiger partial charge < -0.3 is 15.7 Å². The van der Waals surface area contributed by atoms with Gasteiger partial charge in [-0.3, -0.25) is 9.59 Å². The average Bonchev–Trinajstić information content (AvgIpc) is 2.73. The third-order valence-corrected chi connectivity index (χ3v) is 8.00. The molecular weight excluding hydrogens is 449 g/mol. The highest BCUT2D eigenvalue weighted by molar-refractivity contribution is 6.32. The Balaban J connectivity index is 1.43. The Bertz CT molecular complexity index is 1140. The van der Waals surface area contributed by atoms with Crippen LogP contribution in [0.3, 0.4) is 0 Å². The number of amides is 1. The van der Waals surface area contributed by atoms with Gasteiger partial charge in [0, 0.05) is 6.20 Å². The van der Waals surface area contributed by atoms with Crippen LogP contribution in [0.4, 0.5) is 10.1 Å². The Morgan fingerprint density at radius 1 is 1.39 bits per heavy atom. The zero-order valence-electron chi connectivity index (χ0n) is 19.1. The van der Waals surface area contributed by atoms with Crippen LogP contribution in [0.15, 0.2) is 29.3 Å². The first-order valence-electron chi connectivity index (χ1n) is 11.1. The number of aliphatic hydroxyl groups is 1. The lowest BCUT2D eigenvalue weighted by atomic mass is 9.43. The third kappa shape index (κ3) is 4.24. The van der Waals surface area contributed by atoms with E-state index in [1.54, 1.807) is 13.0 Å². The topological polar surface area (TPSA) is 109 Å². The second-order valence-corrected chi connectivity index (χ2v) is 10.4. The van der Waals surface area contributed by atoms with Crippen molar-refractivity contribution in [1.82, 2.24) is 20.1 Å². The predicted molar refractivity (Wildman–Crippen MR) is 122 cm³/mol. The van der Waals surface area contributed by atoms with E-state index in [-0.39, 0.29) is 28.9 Å². The van der Waals surface area contributed by atoms with Crippen molar-refractivity contribution in [2.75, 3.05) is 5.32 Å². The number of nitrogens with zero attached hydrogens (tertiary/aromatic N) is 3. The summed E-state index contributed by atoms with van der Waals surface area (Å²) in [5.74, 6) is -0.456. The summed E-state index contributed by atoms with van der Waals surface area (Å²) in [5, 5.41) is 21.1. The van der Waals surface area contributed by atoms with E-state index in [9.17, 15) is 19.1 Å². The highest BCUT2D eigenvalue weighted by atomic mass is 35.5. The molecule has 2 aromatic heterocycles. The Morgan fingerprint density at radius 3 is 2.76 bits per heavy atom. The molecular formula is C23H29ClFN5O3. The first-order chi connectivity index (χ1) is 15.4. The van der Waals surface area contributed by atoms with Gasteiger partial charge in [0.1, 0.15) is 11.6 Å². The van der Waals surface area contributed by atoms with Gasteiger partial charge in [-0.05, 0) is 61.6 Å². The maximum absolute atomic E-state index is 13.3. The minimum absolute atomic E-state index is 0.0830. The summed E-state index contributed by atoms with van der Waals surface area (Å²) in [4.78, 5) is 28.6. The number of hydrogen-bond acceptors (Lipinski definition) is 6. The lowest BCUT2D eigenvalue weighted by Gasteiger charge is -2.65. The summed E-state index contributed by atoms with van der Waals surface area (Å²) in [6.07, 6.45) is 4.48. The van der Waals surface area contributed by atoms with E-state index in [1.165, 1.54) is 18.5 Å². The van der Waals surface area contributed by atoms with Crippen molar-refractivity contribution >= 4 is 23.2 Å². The number of rotatable bonds is 6. The van der Waals surface area contributed by atoms with Crippen LogP contribution in [0.25, 0.3) is 0 Å². The van der Waals surface area contributed by atoms with Gasteiger partial charge in [-0.15, -0.1) is 0 Å². The second kappa shape index (κ2) is 8.36. The van der Waals surface area contributed by atoms with Crippen molar-refractivity contribution in [3.8, 4) is 0 Å². The second-order valence-electron chi connectivity index (χ2n) is 10.0. The summed E-state index contributed by atoms with van der Waals surface area (Å²) in [6, 6.07) is 2.10. The molecule has 1 unspecified atom stereocenters. The van der Waals surface area contributed by atoms with Crippen LogP contribution >= 0.6 is 11.6 Å². The van der Waals surface area contributed by atoms with Crippen LogP contribution in [0.1, 0.15) is 52.1 Å². The van der Waals surface area contributed by atoms with Crippen molar-refractivity contribution < 1.29 is 14.3 Å². The molecule has 0 saturated heterocycles. The van der Waals surface area contributed by atoms with Crippen LogP contribution in [-0.4, -0.2) is 37.4 Å². The third-order valence-electron chi connectivity index (χ3n) is 7.64. The number of pyridine rings is 1. The molecule has 0 aromatic carbocycles. The molecule has 5 atom stereocenters. The molecule has 3 aliphatic carbocycles. The number of halogens is 2. The molecule has 0 aliphatic heterocycles. The van der Waals surface area contributed by atoms with Gasteiger partial charge in [0.05, 0.1) is 29.6 Å². The zero-order chi connectivity index (χ0) is 24.1. The van der Waals surface area contributed by atoms with Crippen LogP contribution in [0.2, 0.25) is 5.02 Å². The minimum Gasteiger partial charge on any atom is -0.388 e. The van der Waals surface area contributed by atoms with Crippen molar-refractivity contribution in [1.29, 1.82) is 0 Å². The summed E-state index contributed by atoms with van der Waals surface area (Å²) in [7, 11) is 0. The summed E-state index contributed by atoms with van der Waals surface area (Å²) in [6.45, 7) is 7.56. The number of fused-ring (bicyclic) bond motifs is 2. The molecule has 2 aromatic rings. The van der Waals surface area contributed by atoms with Gasteiger partial charge in [0.15, 0.2) is 0 Å². The fourth-order valence-electron chi connectivity index (χ4n) is 5.44. The number of nitrogens with one attached hydrogen (secondary N) is 2. The van der Waals surface area contributed by atoms with Crippen LogP contribution in [0.5, 0.6) is 0 Å². The first-order valence-corrected chi connectivity index (χ1v) is 11.4. The van der Waals surface area contributed by atoms with E-state index in [1.807, 2.05) is 6.92 Å². The SMILES string of the molecule is CC(NC(=O)Cn1ncc(N[C@@H]2C[C@H]3C[C@H](C3(C)C)[C@]2(C)O)c(Cl)c1=O)c1ccnc(F)c1. The molecule has 0 radical (unpaired) electrons. The highest BCUT2D eigenvalue weighted by Gasteiger charge is 2.62. The Hall–Kier alpha value is -2.52. The molecule has 2 bridgehead atoms. The van der Waals surface area contributed by atoms with Crippen molar-refractivity contribution in [3.63, 3.8) is 0 Å². The van der Waals surface area contributed by atoms with E-state index >= 15 is 0 Å². The minimum atomic E-state index is -0.946. The van der Waals surface area contributed by atoms with Crippen LogP contribution in [-0.2, 0) is 11.3 Å². The molecule has 33 heavy (non-hydrogen) atoms. The number of carbonyl (C=O) groups excluding carboxylic acids is 1. The Morgan fingerprint density at radius 2 is 2.12 bits per heavy atom. The molecule has 10 heteroatoms. The molecule has 5 rings (SSSR count). The van der Waals surface area contributed by atoms with E-state index < -0.39 is 29.1 Å². The molecule has 3 N–H and O–H groups in total. The van der Waals surface area contributed by atoms with E-state index in [0.717, 1.165) is 17.5 Å².